The normalized spacial score (nSPS) is 11.3. The van der Waals surface area contributed by atoms with E-state index in [9.17, 15) is 9.59 Å². The van der Waals surface area contributed by atoms with Crippen LogP contribution in [0.15, 0.2) is 34.2 Å². The van der Waals surface area contributed by atoms with Crippen molar-refractivity contribution in [1.29, 1.82) is 0 Å². The van der Waals surface area contributed by atoms with Gasteiger partial charge in [0.2, 0.25) is 5.91 Å². The molecule has 0 saturated carbocycles. The number of nitrogens with one attached hydrogen (secondary N) is 1. The van der Waals surface area contributed by atoms with Crippen molar-refractivity contribution in [2.75, 3.05) is 11.1 Å². The van der Waals surface area contributed by atoms with Crippen LogP contribution in [-0.4, -0.2) is 31.0 Å². The van der Waals surface area contributed by atoms with Gasteiger partial charge >= 0.3 is 0 Å². The van der Waals surface area contributed by atoms with Gasteiger partial charge in [-0.2, -0.15) is 5.10 Å². The van der Waals surface area contributed by atoms with Crippen LogP contribution in [0.25, 0.3) is 15.9 Å². The third-order valence-corrected chi connectivity index (χ3v) is 7.67. The van der Waals surface area contributed by atoms with Crippen molar-refractivity contribution < 1.29 is 4.79 Å². The summed E-state index contributed by atoms with van der Waals surface area (Å²) in [5.74, 6) is -0.0264. The van der Waals surface area contributed by atoms with E-state index >= 15 is 0 Å². The standard InChI is InChI=1S/C23H25N5O2S2/c1-12-7-9-17(10-8-12)28-15(4)20(14(3)26-28)24-18(29)11-31-23-25-21-19(22(30)27(23)6)13(2)16(5)32-21/h7-10H,11H2,1-6H3,(H,24,29). The average Bonchev–Trinajstić information content (AvgIpc) is 3.20. The molecule has 3 aromatic heterocycles. The lowest BCUT2D eigenvalue weighted by Gasteiger charge is -2.09. The van der Waals surface area contributed by atoms with Crippen LogP contribution in [0, 0.1) is 34.6 Å². The minimum absolute atomic E-state index is 0.0779. The summed E-state index contributed by atoms with van der Waals surface area (Å²) in [6.45, 7) is 9.78. The Bertz CT molecular complexity index is 1400. The molecule has 4 aromatic rings. The largest absolute Gasteiger partial charge is 0.322 e. The SMILES string of the molecule is Cc1ccc(-n2nc(C)c(NC(=O)CSc3nc4sc(C)c(C)c4c(=O)n3C)c2C)cc1. The van der Waals surface area contributed by atoms with Crippen LogP contribution in [-0.2, 0) is 11.8 Å². The second-order valence-corrected chi connectivity index (χ2v) is 10.00. The molecule has 0 atom stereocenters. The lowest BCUT2D eigenvalue weighted by atomic mass is 10.2. The van der Waals surface area contributed by atoms with Crippen LogP contribution < -0.4 is 10.9 Å². The zero-order valence-corrected chi connectivity index (χ0v) is 20.6. The second kappa shape index (κ2) is 8.55. The van der Waals surface area contributed by atoms with Crippen LogP contribution in [0.1, 0.15) is 27.4 Å². The summed E-state index contributed by atoms with van der Waals surface area (Å²) in [5.41, 5.74) is 5.34. The first-order chi connectivity index (χ1) is 15.2. The second-order valence-electron chi connectivity index (χ2n) is 7.85. The third-order valence-electron chi connectivity index (χ3n) is 5.54. The Kier molecular flexibility index (Phi) is 5.96. The van der Waals surface area contributed by atoms with Crippen LogP contribution in [0.3, 0.4) is 0 Å². The van der Waals surface area contributed by atoms with E-state index in [0.717, 1.165) is 32.3 Å². The number of nitrogens with zero attached hydrogens (tertiary/aromatic N) is 4. The van der Waals surface area contributed by atoms with Gasteiger partial charge in [0.25, 0.3) is 5.56 Å². The summed E-state index contributed by atoms with van der Waals surface area (Å²) in [5, 5.41) is 8.77. The number of aromatic nitrogens is 4. The lowest BCUT2D eigenvalue weighted by Crippen LogP contribution is -2.21. The minimum Gasteiger partial charge on any atom is -0.322 e. The maximum atomic E-state index is 12.8. The van der Waals surface area contributed by atoms with E-state index in [2.05, 4.69) is 15.4 Å². The maximum Gasteiger partial charge on any atom is 0.262 e. The topological polar surface area (TPSA) is 81.8 Å². The molecule has 0 unspecified atom stereocenters. The molecule has 166 valence electrons. The van der Waals surface area contributed by atoms with Crippen LogP contribution >= 0.6 is 23.1 Å². The molecule has 3 heterocycles. The molecule has 0 radical (unpaired) electrons. The first-order valence-corrected chi connectivity index (χ1v) is 12.0. The predicted molar refractivity (Wildman–Crippen MR) is 131 cm³/mol. The highest BCUT2D eigenvalue weighted by Crippen LogP contribution is 2.28. The molecular formula is C23H25N5O2S2. The molecule has 0 aliphatic carbocycles. The Morgan fingerprint density at radius 3 is 2.50 bits per heavy atom. The Morgan fingerprint density at radius 1 is 1.12 bits per heavy atom. The molecule has 1 amide bonds. The van der Waals surface area contributed by atoms with Gasteiger partial charge in [-0.1, -0.05) is 29.5 Å². The number of rotatable bonds is 5. The summed E-state index contributed by atoms with van der Waals surface area (Å²) in [6.07, 6.45) is 0. The summed E-state index contributed by atoms with van der Waals surface area (Å²) in [4.78, 5) is 31.9. The van der Waals surface area contributed by atoms with Crippen LogP contribution in [0.4, 0.5) is 5.69 Å². The van der Waals surface area contributed by atoms with Crippen molar-refractivity contribution in [3.05, 3.63) is 62.0 Å². The number of benzene rings is 1. The summed E-state index contributed by atoms with van der Waals surface area (Å²) < 4.78 is 3.35. The molecule has 0 fully saturated rings. The first kappa shape index (κ1) is 22.3. The van der Waals surface area contributed by atoms with Gasteiger partial charge in [0.15, 0.2) is 5.16 Å². The maximum absolute atomic E-state index is 12.8. The molecule has 9 heteroatoms. The number of carbonyl (C=O) groups is 1. The van der Waals surface area contributed by atoms with Gasteiger partial charge in [0, 0.05) is 11.9 Å². The molecule has 7 nitrogen and oxygen atoms in total. The summed E-state index contributed by atoms with van der Waals surface area (Å²) >= 11 is 2.76. The molecule has 0 aliphatic heterocycles. The third kappa shape index (κ3) is 3.98. The highest BCUT2D eigenvalue weighted by atomic mass is 32.2. The van der Waals surface area contributed by atoms with Crippen LogP contribution in [0.5, 0.6) is 0 Å². The van der Waals surface area contributed by atoms with E-state index in [1.165, 1.54) is 33.2 Å². The van der Waals surface area contributed by atoms with Gasteiger partial charge in [-0.25, -0.2) is 9.67 Å². The molecule has 4 rings (SSSR count). The fourth-order valence-corrected chi connectivity index (χ4v) is 5.39. The van der Waals surface area contributed by atoms with Crippen LogP contribution in [0.2, 0.25) is 0 Å². The Morgan fingerprint density at radius 2 is 1.81 bits per heavy atom. The minimum atomic E-state index is -0.169. The number of amides is 1. The average molecular weight is 468 g/mol. The van der Waals surface area contributed by atoms with Crippen molar-refractivity contribution in [3.63, 3.8) is 0 Å². The number of aryl methyl sites for hydroxylation is 4. The van der Waals surface area contributed by atoms with Gasteiger partial charge in [-0.3, -0.25) is 14.2 Å². The quantitative estimate of drug-likeness (QED) is 0.346. The van der Waals surface area contributed by atoms with E-state index in [-0.39, 0.29) is 17.2 Å². The fourth-order valence-electron chi connectivity index (χ4n) is 3.55. The van der Waals surface area contributed by atoms with Crippen molar-refractivity contribution in [3.8, 4) is 5.69 Å². The molecule has 1 N–H and O–H groups in total. The molecule has 1 aromatic carbocycles. The predicted octanol–water partition coefficient (Wildman–Crippen LogP) is 4.45. The fraction of sp³-hybridized carbons (Fsp3) is 0.304. The number of hydrogen-bond donors (Lipinski definition) is 1. The van der Waals surface area contributed by atoms with Gasteiger partial charge in [-0.15, -0.1) is 11.3 Å². The summed E-state index contributed by atoms with van der Waals surface area (Å²) in [6, 6.07) is 8.08. The zero-order chi connectivity index (χ0) is 23.2. The van der Waals surface area contributed by atoms with Crippen molar-refractivity contribution in [2.24, 2.45) is 7.05 Å². The Labute approximate surface area is 194 Å². The molecule has 0 bridgehead atoms. The van der Waals surface area contributed by atoms with E-state index in [1.54, 1.807) is 7.05 Å². The smallest absolute Gasteiger partial charge is 0.262 e. The zero-order valence-electron chi connectivity index (χ0n) is 18.9. The van der Waals surface area contributed by atoms with E-state index in [1.807, 2.05) is 63.6 Å². The van der Waals surface area contributed by atoms with Gasteiger partial charge in [0.05, 0.1) is 33.9 Å². The Hall–Kier alpha value is -2.91. The lowest BCUT2D eigenvalue weighted by molar-refractivity contribution is -0.113. The van der Waals surface area contributed by atoms with Crippen molar-refractivity contribution in [1.82, 2.24) is 19.3 Å². The number of anilines is 1. The number of thioether (sulfide) groups is 1. The number of carbonyl (C=O) groups excluding carboxylic acids is 1. The first-order valence-electron chi connectivity index (χ1n) is 10.2. The summed E-state index contributed by atoms with van der Waals surface area (Å²) in [7, 11) is 1.70. The van der Waals surface area contributed by atoms with Gasteiger partial charge < -0.3 is 5.32 Å². The molecule has 0 aliphatic rings. The monoisotopic (exact) mass is 467 g/mol. The Balaban J connectivity index is 1.52. The molecular weight excluding hydrogens is 442 g/mol. The number of fused-ring (bicyclic) bond motifs is 1. The van der Waals surface area contributed by atoms with Crippen molar-refractivity contribution >= 4 is 44.9 Å². The molecule has 32 heavy (non-hydrogen) atoms. The number of hydrogen-bond acceptors (Lipinski definition) is 6. The van der Waals surface area contributed by atoms with Gasteiger partial charge in [-0.05, 0) is 52.3 Å². The highest BCUT2D eigenvalue weighted by Gasteiger charge is 2.18. The number of thiophene rings is 1. The van der Waals surface area contributed by atoms with E-state index in [0.29, 0.717) is 16.2 Å². The van der Waals surface area contributed by atoms with Crippen molar-refractivity contribution in [2.45, 2.75) is 39.8 Å². The van der Waals surface area contributed by atoms with E-state index < -0.39 is 0 Å². The highest BCUT2D eigenvalue weighted by molar-refractivity contribution is 7.99. The van der Waals surface area contributed by atoms with E-state index in [4.69, 9.17) is 0 Å². The van der Waals surface area contributed by atoms with Gasteiger partial charge in [0.1, 0.15) is 4.83 Å². The molecule has 0 spiro atoms. The molecule has 0 saturated heterocycles.